The molecule has 1 spiro atoms. The number of hydrazone groups is 1. The number of nitrogens with two attached hydrogens (primary N) is 1. The van der Waals surface area contributed by atoms with Crippen LogP contribution >= 0.6 is 0 Å². The fraction of sp³-hybridized carbons (Fsp3) is 0.875. The fourth-order valence-electron chi connectivity index (χ4n) is 5.88. The molecule has 6 aliphatic rings. The van der Waals surface area contributed by atoms with Crippen LogP contribution < -0.4 is 5.73 Å². The normalized spacial score (nSPS) is 47.2. The number of hydrogen-bond acceptors (Lipinski definition) is 3. The average molecular weight is 273 g/mol. The van der Waals surface area contributed by atoms with E-state index in [1.807, 2.05) is 0 Å². The molecule has 0 saturated heterocycles. The van der Waals surface area contributed by atoms with Crippen LogP contribution in [0.4, 0.5) is 0 Å². The van der Waals surface area contributed by atoms with Gasteiger partial charge in [-0.05, 0) is 74.5 Å². The van der Waals surface area contributed by atoms with Crippen molar-refractivity contribution >= 4 is 11.7 Å². The van der Waals surface area contributed by atoms with Crippen molar-refractivity contribution in [1.29, 1.82) is 0 Å². The van der Waals surface area contributed by atoms with Gasteiger partial charge in [-0.2, -0.15) is 5.10 Å². The third-order valence-corrected chi connectivity index (χ3v) is 6.92. The molecular formula is C16H23N3O. The van der Waals surface area contributed by atoms with E-state index >= 15 is 0 Å². The molecule has 4 heteroatoms. The summed E-state index contributed by atoms with van der Waals surface area (Å²) >= 11 is 0. The molecular weight excluding hydrogens is 250 g/mol. The van der Waals surface area contributed by atoms with Gasteiger partial charge < -0.3 is 5.73 Å². The summed E-state index contributed by atoms with van der Waals surface area (Å²) in [4.78, 5) is 12.5. The van der Waals surface area contributed by atoms with Crippen molar-refractivity contribution in [3.63, 3.8) is 0 Å². The molecule has 2 N–H and O–H groups in total. The van der Waals surface area contributed by atoms with E-state index in [0.29, 0.717) is 11.8 Å². The van der Waals surface area contributed by atoms with Crippen LogP contribution in [0.3, 0.4) is 0 Å². The van der Waals surface area contributed by atoms with Crippen LogP contribution in [-0.4, -0.2) is 23.3 Å². The Morgan fingerprint density at radius 2 is 1.70 bits per heavy atom. The molecule has 5 aliphatic carbocycles. The molecule has 0 unspecified atom stereocenters. The Labute approximate surface area is 119 Å². The number of amides is 1. The second-order valence-electron chi connectivity index (χ2n) is 8.05. The Morgan fingerprint density at radius 3 is 2.20 bits per heavy atom. The lowest BCUT2D eigenvalue weighted by atomic mass is 9.52. The van der Waals surface area contributed by atoms with Gasteiger partial charge in [0.15, 0.2) is 0 Å². The maximum Gasteiger partial charge on any atom is 0.256 e. The van der Waals surface area contributed by atoms with Crippen LogP contribution in [0.5, 0.6) is 0 Å². The molecule has 1 heterocycles. The highest BCUT2D eigenvalue weighted by Crippen LogP contribution is 2.57. The third kappa shape index (κ3) is 1.38. The summed E-state index contributed by atoms with van der Waals surface area (Å²) in [6.07, 6.45) is 8.94. The van der Waals surface area contributed by atoms with Crippen molar-refractivity contribution in [3.8, 4) is 0 Å². The minimum atomic E-state index is -0.355. The molecule has 1 aliphatic heterocycles. The van der Waals surface area contributed by atoms with Crippen molar-refractivity contribution in [3.05, 3.63) is 0 Å². The summed E-state index contributed by atoms with van der Waals surface area (Å²) in [5.74, 6) is 5.17. The van der Waals surface area contributed by atoms with Gasteiger partial charge in [0.25, 0.3) is 5.91 Å². The summed E-state index contributed by atoms with van der Waals surface area (Å²) in [6, 6.07) is 0. The Kier molecular flexibility index (Phi) is 2.07. The van der Waals surface area contributed by atoms with Gasteiger partial charge in [-0.3, -0.25) is 4.79 Å². The highest BCUT2D eigenvalue weighted by Gasteiger charge is 2.60. The summed E-state index contributed by atoms with van der Waals surface area (Å²) in [5, 5.41) is 6.16. The van der Waals surface area contributed by atoms with Gasteiger partial charge in [-0.25, -0.2) is 5.01 Å². The van der Waals surface area contributed by atoms with Gasteiger partial charge in [0.05, 0.1) is 0 Å². The second kappa shape index (κ2) is 3.58. The van der Waals surface area contributed by atoms with Crippen molar-refractivity contribution in [2.45, 2.75) is 44.9 Å². The lowest BCUT2D eigenvalue weighted by Crippen LogP contribution is -2.49. The summed E-state index contributed by atoms with van der Waals surface area (Å²) in [6.45, 7) is 0.843. The molecule has 20 heavy (non-hydrogen) atoms. The summed E-state index contributed by atoms with van der Waals surface area (Å²) in [5.41, 5.74) is 5.64. The van der Waals surface area contributed by atoms with E-state index in [1.165, 1.54) is 32.1 Å². The van der Waals surface area contributed by atoms with Crippen LogP contribution in [0.1, 0.15) is 44.9 Å². The van der Waals surface area contributed by atoms with Crippen LogP contribution in [0.15, 0.2) is 5.10 Å². The zero-order chi connectivity index (χ0) is 13.5. The summed E-state index contributed by atoms with van der Waals surface area (Å²) in [7, 11) is 0. The molecule has 5 fully saturated rings. The first kappa shape index (κ1) is 11.6. The van der Waals surface area contributed by atoms with Crippen molar-refractivity contribution in [2.24, 2.45) is 45.8 Å². The third-order valence-electron chi connectivity index (χ3n) is 6.92. The Hall–Kier alpha value is -1.06. The number of nitrogens with zero attached hydrogens (tertiary/aromatic N) is 2. The smallest absolute Gasteiger partial charge is 0.256 e. The second-order valence-corrected chi connectivity index (χ2v) is 8.05. The Bertz CT molecular complexity index is 480. The van der Waals surface area contributed by atoms with Gasteiger partial charge in [0, 0.05) is 6.54 Å². The first-order valence-electron chi connectivity index (χ1n) is 8.32. The molecule has 0 radical (unpaired) electrons. The molecule has 5 saturated carbocycles. The van der Waals surface area contributed by atoms with Crippen LogP contribution in [-0.2, 0) is 4.79 Å². The van der Waals surface area contributed by atoms with Gasteiger partial charge in [-0.1, -0.05) is 0 Å². The van der Waals surface area contributed by atoms with Gasteiger partial charge >= 0.3 is 0 Å². The maximum absolute atomic E-state index is 12.5. The predicted octanol–water partition coefficient (Wildman–Crippen LogP) is 1.95. The highest BCUT2D eigenvalue weighted by molar-refractivity contribution is 6.13. The predicted molar refractivity (Wildman–Crippen MR) is 75.5 cm³/mol. The Morgan fingerprint density at radius 1 is 1.10 bits per heavy atom. The lowest BCUT2D eigenvalue weighted by Gasteiger charge is -2.54. The minimum Gasteiger partial charge on any atom is -0.385 e. The molecule has 0 atom stereocenters. The van der Waals surface area contributed by atoms with Crippen LogP contribution in [0.2, 0.25) is 0 Å². The van der Waals surface area contributed by atoms with E-state index in [2.05, 4.69) is 5.10 Å². The highest BCUT2D eigenvalue weighted by atomic mass is 16.2. The lowest BCUT2D eigenvalue weighted by molar-refractivity contribution is -0.135. The quantitative estimate of drug-likeness (QED) is 0.836. The van der Waals surface area contributed by atoms with Crippen molar-refractivity contribution in [1.82, 2.24) is 5.01 Å². The van der Waals surface area contributed by atoms with E-state index < -0.39 is 0 Å². The maximum atomic E-state index is 12.5. The number of carbonyl (C=O) groups is 1. The van der Waals surface area contributed by atoms with Crippen LogP contribution in [0, 0.1) is 35.0 Å². The molecule has 4 bridgehead atoms. The molecule has 0 aromatic carbocycles. The molecule has 6 rings (SSSR count). The molecule has 4 nitrogen and oxygen atoms in total. The zero-order valence-electron chi connectivity index (χ0n) is 11.9. The van der Waals surface area contributed by atoms with Gasteiger partial charge in [0.1, 0.15) is 11.3 Å². The van der Waals surface area contributed by atoms with Gasteiger partial charge in [-0.15, -0.1) is 0 Å². The SMILES string of the molecule is NC1=NN(CC2C3CC4CC(C3)CC2C4)C(=O)C12CC2. The van der Waals surface area contributed by atoms with E-state index in [-0.39, 0.29) is 11.3 Å². The first-order valence-corrected chi connectivity index (χ1v) is 8.32. The average Bonchev–Trinajstić information content (AvgIpc) is 3.17. The van der Waals surface area contributed by atoms with E-state index in [4.69, 9.17) is 5.73 Å². The van der Waals surface area contributed by atoms with E-state index in [0.717, 1.165) is 43.1 Å². The van der Waals surface area contributed by atoms with E-state index in [9.17, 15) is 4.79 Å². The topological polar surface area (TPSA) is 58.7 Å². The molecule has 0 aromatic heterocycles. The van der Waals surface area contributed by atoms with Crippen molar-refractivity contribution < 1.29 is 4.79 Å². The Balaban J connectivity index is 1.36. The fourth-order valence-corrected chi connectivity index (χ4v) is 5.88. The molecule has 0 aromatic rings. The minimum absolute atomic E-state index is 0.198. The molecule has 108 valence electrons. The number of rotatable bonds is 2. The zero-order valence-corrected chi connectivity index (χ0v) is 11.9. The number of amidine groups is 1. The standard InChI is InChI=1S/C16H23N3O/c17-14-16(1-2-16)15(20)19(18-14)8-13-11-4-9-3-10(6-11)7-12(13)5-9/h9-13H,1-8H2,(H2,17,18). The van der Waals surface area contributed by atoms with Crippen LogP contribution in [0.25, 0.3) is 0 Å². The number of carbonyl (C=O) groups excluding carboxylic acids is 1. The van der Waals surface area contributed by atoms with Gasteiger partial charge in [0.2, 0.25) is 0 Å². The van der Waals surface area contributed by atoms with E-state index in [1.54, 1.807) is 5.01 Å². The largest absolute Gasteiger partial charge is 0.385 e. The number of hydrogen-bond donors (Lipinski definition) is 1. The first-order chi connectivity index (χ1) is 9.65. The monoisotopic (exact) mass is 273 g/mol. The van der Waals surface area contributed by atoms with Crippen molar-refractivity contribution in [2.75, 3.05) is 6.54 Å². The summed E-state index contributed by atoms with van der Waals surface area (Å²) < 4.78 is 0. The molecule has 1 amide bonds.